The molecule has 0 spiro atoms. The Morgan fingerprint density at radius 1 is 1.35 bits per heavy atom. The molecule has 0 bridgehead atoms. The van der Waals surface area contributed by atoms with E-state index in [1.807, 2.05) is 18.4 Å². The van der Waals surface area contributed by atoms with Crippen molar-refractivity contribution < 1.29 is 4.79 Å². The Bertz CT molecular complexity index is 738. The van der Waals surface area contributed by atoms with E-state index >= 15 is 0 Å². The minimum Gasteiger partial charge on any atom is -0.306 e. The van der Waals surface area contributed by atoms with Gasteiger partial charge in [-0.3, -0.25) is 10.7 Å². The molecule has 2 amide bonds. The Morgan fingerprint density at radius 2 is 2.04 bits per heavy atom. The first-order valence-electron chi connectivity index (χ1n) is 6.48. The number of hydrogen-bond acceptors (Lipinski definition) is 5. The fraction of sp³-hybridized carbons (Fsp3) is 0.0667. The largest absolute Gasteiger partial charge is 0.324 e. The van der Waals surface area contributed by atoms with E-state index in [4.69, 9.17) is 17.6 Å². The van der Waals surface area contributed by atoms with Crippen LogP contribution in [-0.4, -0.2) is 28.7 Å². The third-order valence-electron chi connectivity index (χ3n) is 2.81. The molecule has 0 aliphatic heterocycles. The van der Waals surface area contributed by atoms with Crippen molar-refractivity contribution in [2.75, 3.05) is 6.26 Å². The van der Waals surface area contributed by atoms with Crippen LogP contribution >= 0.6 is 40.1 Å². The summed E-state index contributed by atoms with van der Waals surface area (Å²) in [6, 6.07) is 6.81. The van der Waals surface area contributed by atoms with Gasteiger partial charge in [0.05, 0.1) is 11.4 Å². The Balaban J connectivity index is 2.00. The van der Waals surface area contributed by atoms with Crippen LogP contribution in [-0.2, 0) is 0 Å². The Morgan fingerprint density at radius 3 is 2.70 bits per heavy atom. The molecule has 3 N–H and O–H groups in total. The van der Waals surface area contributed by atoms with Gasteiger partial charge < -0.3 is 5.32 Å². The number of carbonyl (C=O) groups excluding carboxylic acids is 1. The smallest absolute Gasteiger partial charge is 0.306 e. The van der Waals surface area contributed by atoms with Crippen LogP contribution in [0.2, 0.25) is 0 Å². The van der Waals surface area contributed by atoms with Gasteiger partial charge in [0.15, 0.2) is 0 Å². The van der Waals surface area contributed by atoms with E-state index in [0.717, 1.165) is 10.0 Å². The highest BCUT2D eigenvalue weighted by molar-refractivity contribution is 9.10. The van der Waals surface area contributed by atoms with Gasteiger partial charge in [-0.1, -0.05) is 46.4 Å². The van der Waals surface area contributed by atoms with E-state index < -0.39 is 6.03 Å². The number of hydrogen-bond donors (Lipinski definition) is 3. The molecule has 0 saturated heterocycles. The summed E-state index contributed by atoms with van der Waals surface area (Å²) in [5.74, 6) is 0. The summed E-state index contributed by atoms with van der Waals surface area (Å²) in [7, 11) is 0. The average molecular weight is 409 g/mol. The number of thiocarbonyl (C=S) groups is 1. The maximum atomic E-state index is 12.0. The molecule has 0 unspecified atom stereocenters. The monoisotopic (exact) mass is 408 g/mol. The molecule has 23 heavy (non-hydrogen) atoms. The van der Waals surface area contributed by atoms with E-state index in [1.165, 1.54) is 11.9 Å². The molecular weight excluding hydrogens is 396 g/mol. The topological polar surface area (TPSA) is 77.3 Å². The van der Waals surface area contributed by atoms with Crippen molar-refractivity contribution in [1.29, 1.82) is 5.41 Å². The highest BCUT2D eigenvalue weighted by atomic mass is 79.9. The summed E-state index contributed by atoms with van der Waals surface area (Å²) in [6.07, 6.45) is 6.90. The molecule has 0 atom stereocenters. The standard InChI is InChI=1S/C15H13BrN4OS2/c1-23-20-12-4-2-3-11(13(12)17)18-15(21)19-14(22)9-5-7-10(16)8-6-9/h2-8,17H,1H3,(H2,18,19,21,22)/b17-13?,20-12-. The fourth-order valence-corrected chi connectivity index (χ4v) is 2.59. The van der Waals surface area contributed by atoms with Crippen LogP contribution < -0.4 is 10.6 Å². The molecule has 1 aromatic carbocycles. The predicted molar refractivity (Wildman–Crippen MR) is 103 cm³/mol. The molecular formula is C15H13BrN4OS2. The van der Waals surface area contributed by atoms with Gasteiger partial charge in [-0.2, -0.15) is 0 Å². The van der Waals surface area contributed by atoms with Gasteiger partial charge in [0.1, 0.15) is 10.7 Å². The third-order valence-corrected chi connectivity index (χ3v) is 4.06. The molecule has 1 aliphatic carbocycles. The van der Waals surface area contributed by atoms with Gasteiger partial charge in [-0.15, -0.1) is 0 Å². The molecule has 118 valence electrons. The van der Waals surface area contributed by atoms with Crippen LogP contribution in [0.5, 0.6) is 0 Å². The van der Waals surface area contributed by atoms with E-state index in [0.29, 0.717) is 16.4 Å². The molecule has 2 rings (SSSR count). The third kappa shape index (κ3) is 4.85. The lowest BCUT2D eigenvalue weighted by Crippen LogP contribution is -2.41. The number of amides is 2. The molecule has 1 aliphatic rings. The van der Waals surface area contributed by atoms with Crippen LogP contribution in [0.1, 0.15) is 5.56 Å². The number of urea groups is 1. The Hall–Kier alpha value is -1.77. The number of benzene rings is 1. The van der Waals surface area contributed by atoms with Crippen molar-refractivity contribution in [3.63, 3.8) is 0 Å². The molecule has 1 aromatic rings. The van der Waals surface area contributed by atoms with E-state index in [-0.39, 0.29) is 5.71 Å². The van der Waals surface area contributed by atoms with E-state index in [2.05, 4.69) is 31.0 Å². The van der Waals surface area contributed by atoms with Crippen LogP contribution in [0, 0.1) is 5.41 Å². The lowest BCUT2D eigenvalue weighted by molar-refractivity contribution is 0.248. The normalized spacial score (nSPS) is 15.3. The Kier molecular flexibility index (Phi) is 6.26. The zero-order valence-corrected chi connectivity index (χ0v) is 15.3. The first-order chi connectivity index (χ1) is 11.0. The van der Waals surface area contributed by atoms with Gasteiger partial charge in [-0.05, 0) is 36.2 Å². The minimum atomic E-state index is -0.493. The van der Waals surface area contributed by atoms with Crippen LogP contribution in [0.4, 0.5) is 4.79 Å². The van der Waals surface area contributed by atoms with Crippen molar-refractivity contribution in [1.82, 2.24) is 10.6 Å². The highest BCUT2D eigenvalue weighted by Gasteiger charge is 2.16. The van der Waals surface area contributed by atoms with Gasteiger partial charge >= 0.3 is 6.03 Å². The summed E-state index contributed by atoms with van der Waals surface area (Å²) in [6.45, 7) is 0. The lowest BCUT2D eigenvalue weighted by Gasteiger charge is -2.14. The van der Waals surface area contributed by atoms with Gasteiger partial charge in [0, 0.05) is 16.3 Å². The quantitative estimate of drug-likeness (QED) is 0.406. The Labute approximate surface area is 152 Å². The molecule has 0 fully saturated rings. The number of nitrogens with zero attached hydrogens (tertiary/aromatic N) is 1. The summed E-state index contributed by atoms with van der Waals surface area (Å²) in [4.78, 5) is 12.4. The summed E-state index contributed by atoms with van der Waals surface area (Å²) >= 11 is 9.80. The van der Waals surface area contributed by atoms with Crippen molar-refractivity contribution in [3.05, 3.63) is 58.2 Å². The second-order valence-corrected chi connectivity index (χ2v) is 6.26. The molecule has 8 heteroatoms. The van der Waals surface area contributed by atoms with Crippen molar-refractivity contribution in [2.24, 2.45) is 4.40 Å². The van der Waals surface area contributed by atoms with Crippen LogP contribution in [0.3, 0.4) is 0 Å². The van der Waals surface area contributed by atoms with E-state index in [9.17, 15) is 4.79 Å². The van der Waals surface area contributed by atoms with Crippen molar-refractivity contribution >= 4 is 62.5 Å². The van der Waals surface area contributed by atoms with Gasteiger partial charge in [0.2, 0.25) is 0 Å². The number of allylic oxidation sites excluding steroid dienone is 4. The molecule has 5 nitrogen and oxygen atoms in total. The number of nitrogens with one attached hydrogen (secondary N) is 3. The van der Waals surface area contributed by atoms with Crippen molar-refractivity contribution in [3.8, 4) is 0 Å². The first kappa shape index (κ1) is 17.6. The molecule has 0 saturated carbocycles. The van der Waals surface area contributed by atoms with E-state index in [1.54, 1.807) is 30.4 Å². The van der Waals surface area contributed by atoms with Gasteiger partial charge in [-0.25, -0.2) is 9.19 Å². The summed E-state index contributed by atoms with van der Waals surface area (Å²) in [5, 5.41) is 13.2. The summed E-state index contributed by atoms with van der Waals surface area (Å²) < 4.78 is 5.05. The fourth-order valence-electron chi connectivity index (χ4n) is 1.75. The zero-order chi connectivity index (χ0) is 16.8. The lowest BCUT2D eigenvalue weighted by atomic mass is 10.1. The van der Waals surface area contributed by atoms with Gasteiger partial charge in [0.25, 0.3) is 0 Å². The predicted octanol–water partition coefficient (Wildman–Crippen LogP) is 3.62. The van der Waals surface area contributed by atoms with Crippen LogP contribution in [0.15, 0.2) is 57.1 Å². The second-order valence-electron chi connectivity index (χ2n) is 4.39. The number of halogens is 1. The number of carbonyl (C=O) groups is 1. The maximum Gasteiger partial charge on any atom is 0.324 e. The summed E-state index contributed by atoms with van der Waals surface area (Å²) in [5.41, 5.74) is 1.77. The van der Waals surface area contributed by atoms with Crippen LogP contribution in [0.25, 0.3) is 0 Å². The average Bonchev–Trinajstić information content (AvgIpc) is 2.52. The molecule has 0 heterocycles. The minimum absolute atomic E-state index is 0.159. The maximum absolute atomic E-state index is 12.0. The number of rotatable bonds is 3. The zero-order valence-electron chi connectivity index (χ0n) is 12.1. The highest BCUT2D eigenvalue weighted by Crippen LogP contribution is 2.11. The SMILES string of the molecule is CS/N=C1/C=CC=C(NC(=O)NC(=S)c2ccc(Br)cc2)C1=N. The molecule has 0 radical (unpaired) electrons. The first-order valence-corrected chi connectivity index (χ1v) is 8.86. The second kappa shape index (κ2) is 8.19. The molecule has 0 aromatic heterocycles. The van der Waals surface area contributed by atoms with Crippen molar-refractivity contribution in [2.45, 2.75) is 0 Å².